The van der Waals surface area contributed by atoms with Gasteiger partial charge in [-0.15, -0.1) is 0 Å². The van der Waals surface area contributed by atoms with Crippen LogP contribution in [0.5, 0.6) is 0 Å². The minimum atomic E-state index is -0.0947. The van der Waals surface area contributed by atoms with E-state index in [1.165, 1.54) is 12.5 Å². The fourth-order valence-corrected chi connectivity index (χ4v) is 3.72. The van der Waals surface area contributed by atoms with Crippen molar-refractivity contribution in [2.75, 3.05) is 0 Å². The molecule has 2 aromatic rings. The number of hydrogen-bond acceptors (Lipinski definition) is 2. The molecule has 0 aliphatic carbocycles. The van der Waals surface area contributed by atoms with Crippen LogP contribution < -0.4 is 0 Å². The molecule has 1 heterocycles. The summed E-state index contributed by atoms with van der Waals surface area (Å²) in [5.74, 6) is 0.0752. The van der Waals surface area contributed by atoms with Crippen LogP contribution in [0, 0.1) is 11.3 Å². The molecule has 0 saturated carbocycles. The second kappa shape index (κ2) is 6.72. The van der Waals surface area contributed by atoms with Gasteiger partial charge in [0.25, 0.3) is 0 Å². The first kappa shape index (κ1) is 16.0. The lowest BCUT2D eigenvalue weighted by molar-refractivity contribution is -0.129. The third-order valence-electron chi connectivity index (χ3n) is 4.73. The van der Waals surface area contributed by atoms with Crippen LogP contribution in [-0.2, 0) is 4.79 Å². The smallest absolute Gasteiger partial charge is 0.224 e. The highest BCUT2D eigenvalue weighted by molar-refractivity contribution is 5.77. The van der Waals surface area contributed by atoms with E-state index in [0.29, 0.717) is 5.70 Å². The number of amides is 1. The van der Waals surface area contributed by atoms with E-state index < -0.39 is 0 Å². The van der Waals surface area contributed by atoms with Gasteiger partial charge in [-0.1, -0.05) is 60.7 Å². The van der Waals surface area contributed by atoms with Crippen molar-refractivity contribution in [3.8, 4) is 6.07 Å². The monoisotopic (exact) mass is 316 g/mol. The van der Waals surface area contributed by atoms with Crippen LogP contribution in [0.15, 0.2) is 72.4 Å². The van der Waals surface area contributed by atoms with Gasteiger partial charge in [0.15, 0.2) is 0 Å². The van der Waals surface area contributed by atoms with E-state index in [1.54, 1.807) is 4.90 Å². The molecule has 3 heteroatoms. The van der Waals surface area contributed by atoms with Crippen LogP contribution in [0.4, 0.5) is 0 Å². The second-order valence-electron chi connectivity index (χ2n) is 6.17. The van der Waals surface area contributed by atoms with Gasteiger partial charge in [0, 0.05) is 24.8 Å². The molecular formula is C21H20N2O. The van der Waals surface area contributed by atoms with Crippen molar-refractivity contribution in [2.24, 2.45) is 0 Å². The molecule has 3 nitrogen and oxygen atoms in total. The summed E-state index contributed by atoms with van der Waals surface area (Å²) in [6.45, 7) is 3.55. The van der Waals surface area contributed by atoms with Crippen LogP contribution >= 0.6 is 0 Å². The third-order valence-corrected chi connectivity index (χ3v) is 4.73. The largest absolute Gasteiger partial charge is 0.300 e. The molecule has 0 unspecified atom stereocenters. The van der Waals surface area contributed by atoms with Crippen molar-refractivity contribution >= 4 is 5.91 Å². The van der Waals surface area contributed by atoms with Gasteiger partial charge < -0.3 is 4.90 Å². The van der Waals surface area contributed by atoms with Crippen LogP contribution in [0.1, 0.15) is 36.8 Å². The summed E-state index contributed by atoms with van der Waals surface area (Å²) in [6.07, 6.45) is 1.94. The summed E-state index contributed by atoms with van der Waals surface area (Å²) in [5, 5.41) is 9.54. The van der Waals surface area contributed by atoms with Gasteiger partial charge in [-0.3, -0.25) is 4.79 Å². The highest BCUT2D eigenvalue weighted by Crippen LogP contribution is 2.43. The second-order valence-corrected chi connectivity index (χ2v) is 6.17. The van der Waals surface area contributed by atoms with Crippen LogP contribution in [-0.4, -0.2) is 16.8 Å². The number of nitrogens with zero attached hydrogens (tertiary/aromatic N) is 2. The molecule has 0 saturated heterocycles. The summed E-state index contributed by atoms with van der Waals surface area (Å²) in [7, 11) is 0. The molecule has 3 atom stereocenters. The quantitative estimate of drug-likeness (QED) is 0.833. The van der Waals surface area contributed by atoms with Gasteiger partial charge >= 0.3 is 0 Å². The van der Waals surface area contributed by atoms with Gasteiger partial charge in [0.2, 0.25) is 5.91 Å². The lowest BCUT2D eigenvalue weighted by Gasteiger charge is -2.42. The van der Waals surface area contributed by atoms with Crippen LogP contribution in [0.25, 0.3) is 0 Å². The Morgan fingerprint density at radius 2 is 1.54 bits per heavy atom. The zero-order valence-electron chi connectivity index (χ0n) is 13.9. The molecule has 120 valence electrons. The number of carbonyl (C=O) groups excluding carboxylic acids is 1. The predicted molar refractivity (Wildman–Crippen MR) is 94.0 cm³/mol. The SMILES string of the molecule is CC(=O)N1C(C#N)=C[C@H](c2ccccc2)[C@@H](c2ccccc2)[C@H]1C. The zero-order valence-corrected chi connectivity index (χ0v) is 13.9. The topological polar surface area (TPSA) is 44.1 Å². The molecule has 1 aliphatic rings. The average molecular weight is 316 g/mol. The average Bonchev–Trinajstić information content (AvgIpc) is 2.61. The van der Waals surface area contributed by atoms with Crippen molar-refractivity contribution in [3.63, 3.8) is 0 Å². The fraction of sp³-hybridized carbons (Fsp3) is 0.238. The van der Waals surface area contributed by atoms with Gasteiger partial charge in [-0.25, -0.2) is 0 Å². The molecule has 0 bridgehead atoms. The van der Waals surface area contributed by atoms with E-state index in [-0.39, 0.29) is 23.8 Å². The van der Waals surface area contributed by atoms with E-state index in [1.807, 2.05) is 49.4 Å². The fourth-order valence-electron chi connectivity index (χ4n) is 3.72. The zero-order chi connectivity index (χ0) is 17.1. The summed E-state index contributed by atoms with van der Waals surface area (Å²) in [4.78, 5) is 13.8. The Kier molecular flexibility index (Phi) is 4.48. The standard InChI is InChI=1S/C21H20N2O/c1-15-21(18-11-7-4-8-12-18)20(17-9-5-3-6-10-17)13-19(14-22)23(15)16(2)24/h3-13,15,20-21H,1-2H3/t15-,20-,21-/m1/s1. The molecule has 1 aliphatic heterocycles. The van der Waals surface area contributed by atoms with Gasteiger partial charge in [0.1, 0.15) is 11.8 Å². The minimum absolute atomic E-state index is 0.0637. The molecule has 0 N–H and O–H groups in total. The first-order valence-electron chi connectivity index (χ1n) is 8.15. The Morgan fingerprint density at radius 1 is 1.00 bits per heavy atom. The molecule has 0 spiro atoms. The number of allylic oxidation sites excluding steroid dienone is 2. The number of rotatable bonds is 2. The Labute approximate surface area is 142 Å². The van der Waals surface area contributed by atoms with E-state index in [9.17, 15) is 10.1 Å². The highest BCUT2D eigenvalue weighted by Gasteiger charge is 2.38. The predicted octanol–water partition coefficient (Wildman–Crippen LogP) is 4.21. The molecule has 1 amide bonds. The van der Waals surface area contributed by atoms with E-state index in [4.69, 9.17) is 0 Å². The molecule has 0 aromatic heterocycles. The first-order chi connectivity index (χ1) is 11.6. The number of hydrogen-bond donors (Lipinski definition) is 0. The maximum Gasteiger partial charge on any atom is 0.224 e. The minimum Gasteiger partial charge on any atom is -0.300 e. The van der Waals surface area contributed by atoms with Gasteiger partial charge in [-0.05, 0) is 24.1 Å². The summed E-state index contributed by atoms with van der Waals surface area (Å²) in [5.41, 5.74) is 2.78. The van der Waals surface area contributed by atoms with Crippen molar-refractivity contribution in [1.29, 1.82) is 5.26 Å². The number of benzene rings is 2. The Balaban J connectivity index is 2.17. The number of carbonyl (C=O) groups is 1. The van der Waals surface area contributed by atoms with Crippen molar-refractivity contribution in [3.05, 3.63) is 83.6 Å². The van der Waals surface area contributed by atoms with E-state index in [2.05, 4.69) is 30.3 Å². The Hall–Kier alpha value is -2.86. The lowest BCUT2D eigenvalue weighted by Crippen LogP contribution is -2.44. The first-order valence-corrected chi connectivity index (χ1v) is 8.15. The van der Waals surface area contributed by atoms with Crippen molar-refractivity contribution < 1.29 is 4.79 Å². The molecule has 2 aromatic carbocycles. The molecular weight excluding hydrogens is 296 g/mol. The van der Waals surface area contributed by atoms with Gasteiger partial charge in [0.05, 0.1) is 0 Å². The van der Waals surface area contributed by atoms with E-state index in [0.717, 1.165) is 5.56 Å². The van der Waals surface area contributed by atoms with E-state index >= 15 is 0 Å². The normalized spacial score (nSPS) is 23.3. The summed E-state index contributed by atoms with van der Waals surface area (Å²) in [6, 6.07) is 22.5. The molecule has 3 rings (SSSR count). The maximum absolute atomic E-state index is 12.1. The van der Waals surface area contributed by atoms with Crippen LogP contribution in [0.3, 0.4) is 0 Å². The molecule has 24 heavy (non-hydrogen) atoms. The summed E-state index contributed by atoms with van der Waals surface area (Å²) < 4.78 is 0. The Bertz CT molecular complexity index is 790. The summed E-state index contributed by atoms with van der Waals surface area (Å²) >= 11 is 0. The van der Waals surface area contributed by atoms with Crippen LogP contribution in [0.2, 0.25) is 0 Å². The lowest BCUT2D eigenvalue weighted by atomic mass is 9.74. The van der Waals surface area contributed by atoms with Gasteiger partial charge in [-0.2, -0.15) is 5.26 Å². The third kappa shape index (κ3) is 2.83. The number of nitriles is 1. The molecule has 0 radical (unpaired) electrons. The molecule has 0 fully saturated rings. The highest BCUT2D eigenvalue weighted by atomic mass is 16.2. The van der Waals surface area contributed by atoms with Crippen molar-refractivity contribution in [2.45, 2.75) is 31.7 Å². The van der Waals surface area contributed by atoms with Crippen molar-refractivity contribution in [1.82, 2.24) is 4.90 Å². The maximum atomic E-state index is 12.1. The Morgan fingerprint density at radius 3 is 2.04 bits per heavy atom.